The minimum atomic E-state index is -0.865. The van der Waals surface area contributed by atoms with E-state index in [2.05, 4.69) is 9.47 Å². The molecule has 0 amide bonds. The number of Topliss-reactive ketones (excluding diaryl/α,β-unsaturated/α-hetero) is 2. The number of ether oxygens (including phenoxy) is 2. The number of methoxy groups -OCH3 is 2. The Balaban J connectivity index is 2.21. The molecule has 2 fully saturated rings. The largest absolute Gasteiger partial charge is 0.468 e. The summed E-state index contributed by atoms with van der Waals surface area (Å²) in [7, 11) is 2.44. The van der Waals surface area contributed by atoms with Crippen LogP contribution in [0.4, 0.5) is 0 Å². The molecule has 2 aliphatic carbocycles. The lowest BCUT2D eigenvalue weighted by atomic mass is 9.63. The molecule has 4 atom stereocenters. The van der Waals surface area contributed by atoms with E-state index in [0.717, 1.165) is 0 Å². The Morgan fingerprint density at radius 3 is 1.53 bits per heavy atom. The summed E-state index contributed by atoms with van der Waals surface area (Å²) in [5.41, 5.74) is 0. The minimum absolute atomic E-state index is 0.147. The van der Waals surface area contributed by atoms with Crippen molar-refractivity contribution in [2.45, 2.75) is 19.3 Å². The third kappa shape index (κ3) is 2.27. The molecular weight excluding hydrogens is 252 g/mol. The zero-order chi connectivity index (χ0) is 14.2. The summed E-state index contributed by atoms with van der Waals surface area (Å²) in [6.45, 7) is 0. The highest BCUT2D eigenvalue weighted by molar-refractivity contribution is 6.07. The lowest BCUT2D eigenvalue weighted by Crippen LogP contribution is -2.48. The van der Waals surface area contributed by atoms with Gasteiger partial charge < -0.3 is 9.47 Å². The van der Waals surface area contributed by atoms with Crippen molar-refractivity contribution in [2.75, 3.05) is 14.2 Å². The highest BCUT2D eigenvalue weighted by Crippen LogP contribution is 2.41. The predicted octanol–water partition coefficient (Wildman–Crippen LogP) is 0.133. The van der Waals surface area contributed by atoms with E-state index in [4.69, 9.17) is 0 Å². The first-order valence-corrected chi connectivity index (χ1v) is 6.22. The molecule has 6 heteroatoms. The van der Waals surface area contributed by atoms with E-state index >= 15 is 0 Å². The van der Waals surface area contributed by atoms with Gasteiger partial charge in [-0.1, -0.05) is 0 Å². The van der Waals surface area contributed by atoms with Gasteiger partial charge in [0.15, 0.2) is 0 Å². The molecule has 0 N–H and O–H groups in total. The van der Waals surface area contributed by atoms with Gasteiger partial charge >= 0.3 is 11.9 Å². The quantitative estimate of drug-likeness (QED) is 0.522. The van der Waals surface area contributed by atoms with Crippen molar-refractivity contribution in [3.63, 3.8) is 0 Å². The zero-order valence-corrected chi connectivity index (χ0v) is 10.9. The topological polar surface area (TPSA) is 86.7 Å². The third-order valence-corrected chi connectivity index (χ3v) is 4.07. The van der Waals surface area contributed by atoms with Gasteiger partial charge in [0.2, 0.25) is 0 Å². The maximum atomic E-state index is 12.1. The summed E-state index contributed by atoms with van der Waals surface area (Å²) in [6, 6.07) is 0. The second-order valence-corrected chi connectivity index (χ2v) is 5.06. The summed E-state index contributed by atoms with van der Waals surface area (Å²) in [5.74, 6) is -4.20. The third-order valence-electron chi connectivity index (χ3n) is 4.07. The Kier molecular flexibility index (Phi) is 3.68. The van der Waals surface area contributed by atoms with Crippen LogP contribution in [0, 0.1) is 23.7 Å². The summed E-state index contributed by atoms with van der Waals surface area (Å²) in [5, 5.41) is 0. The van der Waals surface area contributed by atoms with Crippen LogP contribution in [0.5, 0.6) is 0 Å². The first kappa shape index (κ1) is 13.7. The van der Waals surface area contributed by atoms with Crippen molar-refractivity contribution < 1.29 is 28.7 Å². The molecule has 0 aliphatic heterocycles. The molecule has 0 heterocycles. The van der Waals surface area contributed by atoms with Crippen LogP contribution in [0.2, 0.25) is 0 Å². The van der Waals surface area contributed by atoms with Crippen molar-refractivity contribution in [3.05, 3.63) is 0 Å². The molecule has 0 spiro atoms. The van der Waals surface area contributed by atoms with Crippen LogP contribution in [0.1, 0.15) is 19.3 Å². The van der Waals surface area contributed by atoms with E-state index in [-0.39, 0.29) is 24.4 Å². The van der Waals surface area contributed by atoms with Crippen molar-refractivity contribution in [1.82, 2.24) is 0 Å². The SMILES string of the molecule is COC(=O)[C@@H]1C[C@@H]2C[C@H](C[C@@H](C(=O)OC)C2=O)C1=O. The fourth-order valence-corrected chi connectivity index (χ4v) is 3.08. The van der Waals surface area contributed by atoms with Gasteiger partial charge in [0.05, 0.1) is 14.2 Å². The second kappa shape index (κ2) is 5.11. The van der Waals surface area contributed by atoms with Crippen LogP contribution >= 0.6 is 0 Å². The van der Waals surface area contributed by atoms with E-state index in [9.17, 15) is 19.2 Å². The molecule has 6 nitrogen and oxygen atoms in total. The molecule has 2 aliphatic rings. The molecule has 0 aromatic carbocycles. The zero-order valence-electron chi connectivity index (χ0n) is 10.9. The normalized spacial score (nSPS) is 33.8. The number of hydrogen-bond acceptors (Lipinski definition) is 6. The second-order valence-electron chi connectivity index (χ2n) is 5.06. The van der Waals surface area contributed by atoms with E-state index < -0.39 is 35.6 Å². The number of ketones is 2. The molecule has 2 bridgehead atoms. The van der Waals surface area contributed by atoms with Crippen LogP contribution in [0.3, 0.4) is 0 Å². The molecule has 2 saturated carbocycles. The number of rotatable bonds is 2. The predicted molar refractivity (Wildman–Crippen MR) is 61.9 cm³/mol. The van der Waals surface area contributed by atoms with Gasteiger partial charge in [0.1, 0.15) is 23.4 Å². The monoisotopic (exact) mass is 268 g/mol. The van der Waals surface area contributed by atoms with Gasteiger partial charge in [-0.3, -0.25) is 19.2 Å². The lowest BCUT2D eigenvalue weighted by Gasteiger charge is -2.38. The van der Waals surface area contributed by atoms with Gasteiger partial charge in [0, 0.05) is 11.8 Å². The molecule has 0 aromatic heterocycles. The van der Waals surface area contributed by atoms with Crippen LogP contribution < -0.4 is 0 Å². The standard InChI is InChI=1S/C13H16O6/c1-18-12(16)8-4-6-3-7(10(8)14)5-9(11(6)15)13(17)19-2/h6-9H,3-5H2,1-2H3/t6-,7+,8-,9-/m1/s1. The summed E-state index contributed by atoms with van der Waals surface area (Å²) >= 11 is 0. The van der Waals surface area contributed by atoms with E-state index in [1.165, 1.54) is 14.2 Å². The number of fused-ring (bicyclic) bond motifs is 2. The Morgan fingerprint density at radius 1 is 0.842 bits per heavy atom. The van der Waals surface area contributed by atoms with Crippen LogP contribution in [-0.2, 0) is 28.7 Å². The van der Waals surface area contributed by atoms with Gasteiger partial charge in [0.25, 0.3) is 0 Å². The lowest BCUT2D eigenvalue weighted by molar-refractivity contribution is -0.160. The minimum Gasteiger partial charge on any atom is -0.468 e. The Hall–Kier alpha value is -1.72. The smallest absolute Gasteiger partial charge is 0.316 e. The Labute approximate surface area is 110 Å². The summed E-state index contributed by atoms with van der Waals surface area (Å²) in [4.78, 5) is 47.4. The molecular formula is C13H16O6. The maximum Gasteiger partial charge on any atom is 0.316 e. The van der Waals surface area contributed by atoms with Gasteiger partial charge in [-0.2, -0.15) is 0 Å². The molecule has 2 rings (SSSR count). The summed E-state index contributed by atoms with van der Waals surface area (Å²) in [6.07, 6.45) is 0.724. The van der Waals surface area contributed by atoms with E-state index in [0.29, 0.717) is 6.42 Å². The van der Waals surface area contributed by atoms with Crippen molar-refractivity contribution in [1.29, 1.82) is 0 Å². The first-order chi connectivity index (χ1) is 8.99. The maximum absolute atomic E-state index is 12.1. The van der Waals surface area contributed by atoms with Gasteiger partial charge in [-0.25, -0.2) is 0 Å². The Bertz CT molecular complexity index is 400. The average molecular weight is 268 g/mol. The first-order valence-electron chi connectivity index (χ1n) is 6.22. The van der Waals surface area contributed by atoms with Gasteiger partial charge in [-0.05, 0) is 19.3 Å². The van der Waals surface area contributed by atoms with Crippen molar-refractivity contribution in [2.24, 2.45) is 23.7 Å². The number of carbonyl (C=O) groups is 4. The van der Waals surface area contributed by atoms with Crippen LogP contribution in [0.15, 0.2) is 0 Å². The fourth-order valence-electron chi connectivity index (χ4n) is 3.08. The number of esters is 2. The molecule has 0 radical (unpaired) electrons. The van der Waals surface area contributed by atoms with Gasteiger partial charge in [-0.15, -0.1) is 0 Å². The van der Waals surface area contributed by atoms with E-state index in [1.807, 2.05) is 0 Å². The van der Waals surface area contributed by atoms with Crippen molar-refractivity contribution >= 4 is 23.5 Å². The van der Waals surface area contributed by atoms with Crippen LogP contribution in [-0.4, -0.2) is 37.7 Å². The molecule has 19 heavy (non-hydrogen) atoms. The number of carbonyl (C=O) groups excluding carboxylic acids is 4. The average Bonchev–Trinajstić information content (AvgIpc) is 2.43. The highest BCUT2D eigenvalue weighted by Gasteiger charge is 2.50. The molecule has 0 aromatic rings. The summed E-state index contributed by atoms with van der Waals surface area (Å²) < 4.78 is 9.19. The Morgan fingerprint density at radius 2 is 1.21 bits per heavy atom. The van der Waals surface area contributed by atoms with E-state index in [1.54, 1.807) is 0 Å². The van der Waals surface area contributed by atoms with Crippen molar-refractivity contribution in [3.8, 4) is 0 Å². The number of hydrogen-bond donors (Lipinski definition) is 0. The van der Waals surface area contributed by atoms with Crippen LogP contribution in [0.25, 0.3) is 0 Å². The highest BCUT2D eigenvalue weighted by atomic mass is 16.5. The molecule has 0 unspecified atom stereocenters. The molecule has 0 saturated heterocycles. The fraction of sp³-hybridized carbons (Fsp3) is 0.692. The molecule has 104 valence electrons.